The largest absolute Gasteiger partial charge is 0.493 e. The van der Waals surface area contributed by atoms with Gasteiger partial charge in [-0.05, 0) is 79.0 Å². The fourth-order valence-corrected chi connectivity index (χ4v) is 4.42. The number of nitrogens with zero attached hydrogens (tertiary/aromatic N) is 4. The Labute approximate surface area is 219 Å². The first-order chi connectivity index (χ1) is 17.2. The second-order valence-corrected chi connectivity index (χ2v) is 9.48. The van der Waals surface area contributed by atoms with Crippen LogP contribution in [0.2, 0.25) is 0 Å². The van der Waals surface area contributed by atoms with Crippen LogP contribution >= 0.6 is 15.9 Å². The molecular formula is C27H30BrN5O3. The summed E-state index contributed by atoms with van der Waals surface area (Å²) in [7, 11) is 3.23. The van der Waals surface area contributed by atoms with Crippen LogP contribution in [-0.2, 0) is 13.1 Å². The van der Waals surface area contributed by atoms with Gasteiger partial charge < -0.3 is 14.8 Å². The van der Waals surface area contributed by atoms with Crippen molar-refractivity contribution >= 4 is 27.5 Å². The highest BCUT2D eigenvalue weighted by Gasteiger charge is 2.17. The number of aromatic nitrogens is 4. The summed E-state index contributed by atoms with van der Waals surface area (Å²) in [6.07, 6.45) is 0. The normalized spacial score (nSPS) is 11.0. The van der Waals surface area contributed by atoms with E-state index < -0.39 is 0 Å². The molecule has 36 heavy (non-hydrogen) atoms. The van der Waals surface area contributed by atoms with Gasteiger partial charge in [0.2, 0.25) is 0 Å². The lowest BCUT2D eigenvalue weighted by atomic mass is 10.1. The summed E-state index contributed by atoms with van der Waals surface area (Å²) < 4.78 is 15.6. The van der Waals surface area contributed by atoms with Crippen LogP contribution in [0.3, 0.4) is 0 Å². The standard InChI is InChI=1S/C27H30BrN5O3/c1-16-25(28)18(3)32(30-16)14-20-7-10-22(11-8-20)27(34)29-26-17(2)31-33(19(26)4)15-21-9-12-23(35-5)24(13-21)36-6/h7-13H,14-15H2,1-6H3,(H,29,34). The lowest BCUT2D eigenvalue weighted by molar-refractivity contribution is 0.102. The average molecular weight is 552 g/mol. The average Bonchev–Trinajstić information content (AvgIpc) is 3.27. The Morgan fingerprint density at radius 3 is 2.03 bits per heavy atom. The molecule has 0 aliphatic rings. The van der Waals surface area contributed by atoms with Gasteiger partial charge in [-0.3, -0.25) is 14.2 Å². The number of benzene rings is 2. The van der Waals surface area contributed by atoms with Crippen molar-refractivity contribution in [2.75, 3.05) is 19.5 Å². The number of amides is 1. The molecule has 4 aromatic rings. The Kier molecular flexibility index (Phi) is 7.49. The molecule has 0 bridgehead atoms. The maximum absolute atomic E-state index is 13.0. The van der Waals surface area contributed by atoms with E-state index in [1.807, 2.05) is 79.5 Å². The van der Waals surface area contributed by atoms with Gasteiger partial charge in [0.1, 0.15) is 0 Å². The van der Waals surface area contributed by atoms with E-state index in [9.17, 15) is 4.79 Å². The first kappa shape index (κ1) is 25.5. The first-order valence-electron chi connectivity index (χ1n) is 11.6. The van der Waals surface area contributed by atoms with Crippen molar-refractivity contribution in [2.24, 2.45) is 0 Å². The van der Waals surface area contributed by atoms with Crippen molar-refractivity contribution in [2.45, 2.75) is 40.8 Å². The topological polar surface area (TPSA) is 83.2 Å². The SMILES string of the molecule is COc1ccc(Cn2nc(C)c(NC(=O)c3ccc(Cn4nc(C)c(Br)c4C)cc3)c2C)cc1OC. The number of aryl methyl sites for hydroxylation is 2. The number of halogens is 1. The fourth-order valence-electron chi connectivity index (χ4n) is 4.13. The summed E-state index contributed by atoms with van der Waals surface area (Å²) in [5.41, 5.74) is 7.06. The molecule has 0 unspecified atom stereocenters. The molecule has 0 spiro atoms. The van der Waals surface area contributed by atoms with Gasteiger partial charge in [-0.15, -0.1) is 0 Å². The smallest absolute Gasteiger partial charge is 0.255 e. The van der Waals surface area contributed by atoms with E-state index in [1.165, 1.54) is 0 Å². The first-order valence-corrected chi connectivity index (χ1v) is 12.4. The Bertz CT molecular complexity index is 1410. The van der Waals surface area contributed by atoms with Gasteiger partial charge in [-0.25, -0.2) is 0 Å². The highest BCUT2D eigenvalue weighted by atomic mass is 79.9. The summed E-state index contributed by atoms with van der Waals surface area (Å²) in [4.78, 5) is 13.0. The van der Waals surface area contributed by atoms with Crippen molar-refractivity contribution in [3.05, 3.63) is 86.4 Å². The molecule has 0 aliphatic heterocycles. The van der Waals surface area contributed by atoms with Gasteiger partial charge in [0.25, 0.3) is 5.91 Å². The summed E-state index contributed by atoms with van der Waals surface area (Å²) >= 11 is 3.57. The minimum absolute atomic E-state index is 0.174. The van der Waals surface area contributed by atoms with E-state index in [4.69, 9.17) is 9.47 Å². The fraction of sp³-hybridized carbons (Fsp3) is 0.296. The maximum atomic E-state index is 13.0. The van der Waals surface area contributed by atoms with Crippen LogP contribution in [0.1, 0.15) is 44.3 Å². The van der Waals surface area contributed by atoms with Crippen molar-refractivity contribution in [3.63, 3.8) is 0 Å². The summed E-state index contributed by atoms with van der Waals surface area (Å²) in [6.45, 7) is 9.03. The number of hydrogen-bond donors (Lipinski definition) is 1. The molecule has 0 radical (unpaired) electrons. The summed E-state index contributed by atoms with van der Waals surface area (Å²) in [6, 6.07) is 13.4. The molecule has 2 aromatic heterocycles. The van der Waals surface area contributed by atoms with E-state index in [0.717, 1.165) is 44.1 Å². The number of carbonyl (C=O) groups is 1. The zero-order valence-electron chi connectivity index (χ0n) is 21.3. The molecule has 2 heterocycles. The Morgan fingerprint density at radius 1 is 0.833 bits per heavy atom. The highest BCUT2D eigenvalue weighted by Crippen LogP contribution is 2.29. The second kappa shape index (κ2) is 10.6. The molecule has 188 valence electrons. The second-order valence-electron chi connectivity index (χ2n) is 8.69. The lowest BCUT2D eigenvalue weighted by Crippen LogP contribution is -2.13. The minimum atomic E-state index is -0.174. The molecule has 1 amide bonds. The molecule has 9 heteroatoms. The van der Waals surface area contributed by atoms with E-state index in [0.29, 0.717) is 30.2 Å². The van der Waals surface area contributed by atoms with E-state index in [1.54, 1.807) is 14.2 Å². The molecule has 0 atom stereocenters. The van der Waals surface area contributed by atoms with Crippen LogP contribution < -0.4 is 14.8 Å². The zero-order valence-corrected chi connectivity index (χ0v) is 22.9. The van der Waals surface area contributed by atoms with Crippen LogP contribution in [0, 0.1) is 27.7 Å². The Morgan fingerprint density at radius 2 is 1.42 bits per heavy atom. The van der Waals surface area contributed by atoms with Crippen molar-refractivity contribution < 1.29 is 14.3 Å². The van der Waals surface area contributed by atoms with E-state index in [-0.39, 0.29) is 5.91 Å². The van der Waals surface area contributed by atoms with Crippen molar-refractivity contribution in [1.29, 1.82) is 0 Å². The van der Waals surface area contributed by atoms with Gasteiger partial charge in [0.15, 0.2) is 11.5 Å². The van der Waals surface area contributed by atoms with Crippen LogP contribution in [0.25, 0.3) is 0 Å². The third-order valence-corrected chi connectivity index (χ3v) is 7.39. The molecule has 0 aliphatic carbocycles. The van der Waals surface area contributed by atoms with Gasteiger partial charge >= 0.3 is 0 Å². The third-order valence-electron chi connectivity index (χ3n) is 6.24. The molecule has 1 N–H and O–H groups in total. The van der Waals surface area contributed by atoms with Gasteiger partial charge in [0.05, 0.1) is 60.2 Å². The number of anilines is 1. The van der Waals surface area contributed by atoms with Crippen molar-refractivity contribution in [3.8, 4) is 11.5 Å². The molecule has 8 nitrogen and oxygen atoms in total. The molecular weight excluding hydrogens is 522 g/mol. The van der Waals surface area contributed by atoms with E-state index >= 15 is 0 Å². The van der Waals surface area contributed by atoms with Crippen LogP contribution in [0.5, 0.6) is 11.5 Å². The predicted molar refractivity (Wildman–Crippen MR) is 143 cm³/mol. The Balaban J connectivity index is 1.47. The van der Waals surface area contributed by atoms with Crippen LogP contribution in [-0.4, -0.2) is 39.7 Å². The molecule has 4 rings (SSSR count). The summed E-state index contributed by atoms with van der Waals surface area (Å²) in [5.74, 6) is 1.17. The maximum Gasteiger partial charge on any atom is 0.255 e. The highest BCUT2D eigenvalue weighted by molar-refractivity contribution is 9.10. The quantitative estimate of drug-likeness (QED) is 0.315. The number of nitrogens with one attached hydrogen (secondary N) is 1. The van der Waals surface area contributed by atoms with Gasteiger partial charge in [-0.2, -0.15) is 10.2 Å². The third kappa shape index (κ3) is 5.16. The number of carbonyl (C=O) groups excluding carboxylic acids is 1. The summed E-state index contributed by atoms with van der Waals surface area (Å²) in [5, 5.41) is 12.2. The van der Waals surface area contributed by atoms with Crippen LogP contribution in [0.4, 0.5) is 5.69 Å². The molecule has 2 aromatic carbocycles. The lowest BCUT2D eigenvalue weighted by Gasteiger charge is -2.11. The zero-order chi connectivity index (χ0) is 26.0. The molecule has 0 saturated carbocycles. The number of hydrogen-bond acceptors (Lipinski definition) is 5. The predicted octanol–water partition coefficient (Wildman–Crippen LogP) is 5.44. The van der Waals surface area contributed by atoms with Gasteiger partial charge in [-0.1, -0.05) is 18.2 Å². The Hall–Kier alpha value is -3.59. The number of methoxy groups -OCH3 is 2. The molecule has 0 fully saturated rings. The van der Waals surface area contributed by atoms with Crippen molar-refractivity contribution in [1.82, 2.24) is 19.6 Å². The number of rotatable bonds is 8. The monoisotopic (exact) mass is 551 g/mol. The minimum Gasteiger partial charge on any atom is -0.493 e. The van der Waals surface area contributed by atoms with Gasteiger partial charge in [0, 0.05) is 5.56 Å². The number of ether oxygens (including phenoxy) is 2. The van der Waals surface area contributed by atoms with Crippen LogP contribution in [0.15, 0.2) is 46.9 Å². The van der Waals surface area contributed by atoms with E-state index in [2.05, 4.69) is 31.4 Å². The molecule has 0 saturated heterocycles.